The SMILES string of the molecule is CCn1nc(-c2ccc(-c3ccc(C)cn3)c(C)c2)nc1Nc1ccc2c(c1)CNC2=O. The van der Waals surface area contributed by atoms with E-state index in [1.54, 1.807) is 0 Å². The molecule has 5 rings (SSSR count). The van der Waals surface area contributed by atoms with E-state index >= 15 is 0 Å². The van der Waals surface area contributed by atoms with Crippen LogP contribution < -0.4 is 10.6 Å². The van der Waals surface area contributed by atoms with E-state index < -0.39 is 0 Å². The quantitative estimate of drug-likeness (QED) is 0.488. The molecule has 1 aliphatic heterocycles. The molecule has 0 saturated carbocycles. The number of hydrogen-bond donors (Lipinski definition) is 2. The van der Waals surface area contributed by atoms with E-state index in [1.165, 1.54) is 0 Å². The number of rotatable bonds is 5. The largest absolute Gasteiger partial charge is 0.348 e. The van der Waals surface area contributed by atoms with Gasteiger partial charge in [-0.05, 0) is 67.8 Å². The van der Waals surface area contributed by atoms with Crippen molar-refractivity contribution in [1.29, 1.82) is 0 Å². The Labute approximate surface area is 186 Å². The molecule has 0 bridgehead atoms. The first-order valence-corrected chi connectivity index (χ1v) is 10.7. The van der Waals surface area contributed by atoms with Gasteiger partial charge in [-0.2, -0.15) is 4.98 Å². The highest BCUT2D eigenvalue weighted by Crippen LogP contribution is 2.28. The second-order valence-electron chi connectivity index (χ2n) is 8.00. The lowest BCUT2D eigenvalue weighted by Gasteiger charge is -2.07. The van der Waals surface area contributed by atoms with Gasteiger partial charge >= 0.3 is 0 Å². The van der Waals surface area contributed by atoms with Gasteiger partial charge in [0.1, 0.15) is 0 Å². The highest BCUT2D eigenvalue weighted by Gasteiger charge is 2.19. The Morgan fingerprint density at radius 3 is 2.66 bits per heavy atom. The molecule has 2 aromatic heterocycles. The summed E-state index contributed by atoms with van der Waals surface area (Å²) in [5.74, 6) is 1.31. The van der Waals surface area contributed by atoms with Crippen LogP contribution in [0.25, 0.3) is 22.6 Å². The lowest BCUT2D eigenvalue weighted by atomic mass is 10.0. The summed E-state index contributed by atoms with van der Waals surface area (Å²) in [4.78, 5) is 21.1. The maximum absolute atomic E-state index is 11.8. The number of fused-ring (bicyclic) bond motifs is 1. The number of aromatic nitrogens is 4. The number of hydrogen-bond acceptors (Lipinski definition) is 5. The van der Waals surface area contributed by atoms with Crippen molar-refractivity contribution in [3.05, 3.63) is 77.0 Å². The highest BCUT2D eigenvalue weighted by molar-refractivity contribution is 5.98. The van der Waals surface area contributed by atoms with Gasteiger partial charge in [-0.3, -0.25) is 9.78 Å². The van der Waals surface area contributed by atoms with Crippen molar-refractivity contribution in [3.63, 3.8) is 0 Å². The van der Waals surface area contributed by atoms with Crippen LogP contribution in [0.4, 0.5) is 11.6 Å². The predicted molar refractivity (Wildman–Crippen MR) is 125 cm³/mol. The molecule has 32 heavy (non-hydrogen) atoms. The minimum absolute atomic E-state index is 0.0229. The Kier molecular flexibility index (Phi) is 4.93. The molecule has 0 spiro atoms. The smallest absolute Gasteiger partial charge is 0.251 e. The zero-order chi connectivity index (χ0) is 22.2. The van der Waals surface area contributed by atoms with Gasteiger partial charge in [-0.25, -0.2) is 4.68 Å². The first-order chi connectivity index (χ1) is 15.5. The summed E-state index contributed by atoms with van der Waals surface area (Å²) in [6, 6.07) is 16.0. The molecule has 2 N–H and O–H groups in total. The third kappa shape index (κ3) is 3.62. The van der Waals surface area contributed by atoms with E-state index in [0.29, 0.717) is 24.9 Å². The average Bonchev–Trinajstić information content (AvgIpc) is 3.37. The molecule has 0 unspecified atom stereocenters. The summed E-state index contributed by atoms with van der Waals surface area (Å²) < 4.78 is 1.84. The molecule has 7 nitrogen and oxygen atoms in total. The predicted octanol–water partition coefficient (Wildman–Crippen LogP) is 4.63. The van der Waals surface area contributed by atoms with Crippen LogP contribution in [0.2, 0.25) is 0 Å². The maximum atomic E-state index is 11.8. The van der Waals surface area contributed by atoms with E-state index in [4.69, 9.17) is 10.1 Å². The standard InChI is InChI=1S/C25H24N6O/c1-4-31-25(28-19-7-9-21-18(12-19)14-27-24(21)32)29-23(30-31)17-6-8-20(16(3)11-17)22-10-5-15(2)13-26-22/h5-13H,4,14H2,1-3H3,(H,27,32)(H,28,29,30). The van der Waals surface area contributed by atoms with Gasteiger partial charge in [0.25, 0.3) is 5.91 Å². The Morgan fingerprint density at radius 1 is 1.06 bits per heavy atom. The van der Waals surface area contributed by atoms with Gasteiger partial charge in [0.2, 0.25) is 5.95 Å². The Morgan fingerprint density at radius 2 is 1.91 bits per heavy atom. The molecule has 0 saturated heterocycles. The molecule has 3 heterocycles. The van der Waals surface area contributed by atoms with Crippen molar-refractivity contribution in [2.45, 2.75) is 33.9 Å². The molecule has 2 aromatic carbocycles. The van der Waals surface area contributed by atoms with Crippen molar-refractivity contribution in [2.75, 3.05) is 5.32 Å². The summed E-state index contributed by atoms with van der Waals surface area (Å²) in [6.45, 7) is 7.39. The second kappa shape index (κ2) is 7.92. The summed E-state index contributed by atoms with van der Waals surface area (Å²) in [7, 11) is 0. The maximum Gasteiger partial charge on any atom is 0.251 e. The van der Waals surface area contributed by atoms with E-state index in [1.807, 2.05) is 55.1 Å². The third-order valence-electron chi connectivity index (χ3n) is 5.69. The lowest BCUT2D eigenvalue weighted by molar-refractivity contribution is 0.0966. The topological polar surface area (TPSA) is 84.7 Å². The fourth-order valence-corrected chi connectivity index (χ4v) is 3.93. The number of pyridine rings is 1. The van der Waals surface area contributed by atoms with Gasteiger partial charge in [-0.15, -0.1) is 5.10 Å². The van der Waals surface area contributed by atoms with Crippen molar-refractivity contribution >= 4 is 17.5 Å². The van der Waals surface area contributed by atoms with Crippen molar-refractivity contribution in [1.82, 2.24) is 25.1 Å². The number of amides is 1. The molecular formula is C25H24N6O. The monoisotopic (exact) mass is 424 g/mol. The Bertz CT molecular complexity index is 1320. The van der Waals surface area contributed by atoms with E-state index in [-0.39, 0.29) is 5.91 Å². The van der Waals surface area contributed by atoms with Crippen molar-refractivity contribution < 1.29 is 4.79 Å². The molecule has 0 radical (unpaired) electrons. The number of nitrogens with one attached hydrogen (secondary N) is 2. The zero-order valence-corrected chi connectivity index (χ0v) is 18.3. The summed E-state index contributed by atoms with van der Waals surface area (Å²) in [6.07, 6.45) is 1.88. The number of aryl methyl sites for hydroxylation is 3. The lowest BCUT2D eigenvalue weighted by Crippen LogP contribution is -2.12. The fourth-order valence-electron chi connectivity index (χ4n) is 3.93. The van der Waals surface area contributed by atoms with E-state index in [2.05, 4.69) is 40.7 Å². The molecule has 1 aliphatic rings. The number of benzene rings is 2. The van der Waals surface area contributed by atoms with Gasteiger partial charge in [0.15, 0.2) is 5.82 Å². The minimum atomic E-state index is -0.0229. The number of anilines is 2. The first kappa shape index (κ1) is 19.9. The summed E-state index contributed by atoms with van der Waals surface area (Å²) in [5.41, 5.74) is 7.87. The summed E-state index contributed by atoms with van der Waals surface area (Å²) in [5, 5.41) is 10.9. The van der Waals surface area contributed by atoms with E-state index in [0.717, 1.165) is 44.8 Å². The van der Waals surface area contributed by atoms with Crippen LogP contribution in [0.3, 0.4) is 0 Å². The van der Waals surface area contributed by atoms with E-state index in [9.17, 15) is 4.79 Å². The molecule has 4 aromatic rings. The molecule has 1 amide bonds. The van der Waals surface area contributed by atoms with Crippen LogP contribution in [0.1, 0.15) is 34.0 Å². The van der Waals surface area contributed by atoms with Crippen LogP contribution in [0.15, 0.2) is 54.7 Å². The van der Waals surface area contributed by atoms with Gasteiger partial charge < -0.3 is 10.6 Å². The normalized spacial score (nSPS) is 12.5. The number of carbonyl (C=O) groups is 1. The molecule has 7 heteroatoms. The van der Waals surface area contributed by atoms with Crippen LogP contribution in [0, 0.1) is 13.8 Å². The van der Waals surface area contributed by atoms with Gasteiger partial charge in [-0.1, -0.05) is 18.2 Å². The third-order valence-corrected chi connectivity index (χ3v) is 5.69. The van der Waals surface area contributed by atoms with Crippen molar-refractivity contribution in [2.24, 2.45) is 0 Å². The molecule has 0 aliphatic carbocycles. The van der Waals surface area contributed by atoms with Crippen molar-refractivity contribution in [3.8, 4) is 22.6 Å². The van der Waals surface area contributed by atoms with Crippen LogP contribution in [-0.4, -0.2) is 25.7 Å². The average molecular weight is 425 g/mol. The Balaban J connectivity index is 1.43. The highest BCUT2D eigenvalue weighted by atomic mass is 16.1. The second-order valence-corrected chi connectivity index (χ2v) is 8.00. The number of carbonyl (C=O) groups excluding carboxylic acids is 1. The number of nitrogens with zero attached hydrogens (tertiary/aromatic N) is 4. The van der Waals surface area contributed by atoms with Crippen LogP contribution in [0.5, 0.6) is 0 Å². The molecular weight excluding hydrogens is 400 g/mol. The van der Waals surface area contributed by atoms with Crippen LogP contribution in [-0.2, 0) is 13.1 Å². The van der Waals surface area contributed by atoms with Gasteiger partial charge in [0, 0.05) is 41.7 Å². The van der Waals surface area contributed by atoms with Crippen LogP contribution >= 0.6 is 0 Å². The summed E-state index contributed by atoms with van der Waals surface area (Å²) >= 11 is 0. The molecule has 0 atom stereocenters. The molecule has 0 fully saturated rings. The zero-order valence-electron chi connectivity index (χ0n) is 18.3. The van der Waals surface area contributed by atoms with Gasteiger partial charge in [0.05, 0.1) is 5.69 Å². The fraction of sp³-hybridized carbons (Fsp3) is 0.200. The Hall–Kier alpha value is -4.00. The minimum Gasteiger partial charge on any atom is -0.348 e. The molecule has 160 valence electrons. The first-order valence-electron chi connectivity index (χ1n) is 10.7.